The van der Waals surface area contributed by atoms with Gasteiger partial charge in [0.25, 0.3) is 0 Å². The fourth-order valence-corrected chi connectivity index (χ4v) is 5.20. The number of aromatic nitrogens is 2. The largest absolute Gasteiger partial charge is 0.441 e. The maximum Gasteiger partial charge on any atom is 0.415 e. The monoisotopic (exact) mass is 497 g/mol. The average molecular weight is 498 g/mol. The van der Waals surface area contributed by atoms with Crippen molar-refractivity contribution in [3.05, 3.63) is 58.0 Å². The van der Waals surface area contributed by atoms with Gasteiger partial charge in [-0.3, -0.25) is 23.7 Å². The number of fused-ring (bicyclic) bond motifs is 1. The van der Waals surface area contributed by atoms with Gasteiger partial charge in [0.05, 0.1) is 24.1 Å². The number of ether oxygens (including phenoxy) is 1. The highest BCUT2D eigenvalue weighted by molar-refractivity contribution is 6.30. The van der Waals surface area contributed by atoms with Gasteiger partial charge in [-0.05, 0) is 61.9 Å². The Labute approximate surface area is 207 Å². The standard InChI is InChI=1S/C25H28ClN5O4/c1-28-20-9-6-18(14-21(20)29(2)23(28)33)27-22(32)15-30-12-3-10-25(11-13-30)16-31(24(34)35-25)19-7-4-17(26)5-8-19/h4-9,14H,3,10-13,15-16H2,1-2H3,(H,27,32)/t25-/m1/s1. The Morgan fingerprint density at radius 2 is 1.77 bits per heavy atom. The van der Waals surface area contributed by atoms with Crippen molar-refractivity contribution in [3.8, 4) is 0 Å². The maximum atomic E-state index is 12.8. The van der Waals surface area contributed by atoms with Gasteiger partial charge in [0, 0.05) is 43.5 Å². The zero-order valence-corrected chi connectivity index (χ0v) is 20.5. The SMILES string of the molecule is Cn1c(=O)n(C)c2cc(NC(=O)CN3CCC[C@@]4(CC3)CN(c3ccc(Cl)cc3)C(=O)O4)ccc21. The number of carbonyl (C=O) groups excluding carboxylic acids is 2. The van der Waals surface area contributed by atoms with Crippen LogP contribution in [-0.2, 0) is 23.6 Å². The second-order valence-corrected chi connectivity index (χ2v) is 9.83. The summed E-state index contributed by atoms with van der Waals surface area (Å²) in [5.74, 6) is -0.118. The summed E-state index contributed by atoms with van der Waals surface area (Å²) in [7, 11) is 3.44. The van der Waals surface area contributed by atoms with E-state index in [4.69, 9.17) is 16.3 Å². The summed E-state index contributed by atoms with van der Waals surface area (Å²) in [5.41, 5.74) is 2.34. The molecule has 3 heterocycles. The molecule has 2 aromatic carbocycles. The lowest BCUT2D eigenvalue weighted by atomic mass is 9.95. The average Bonchev–Trinajstić information content (AvgIpc) is 3.17. The lowest BCUT2D eigenvalue weighted by Crippen LogP contribution is -2.37. The molecule has 0 radical (unpaired) electrons. The van der Waals surface area contributed by atoms with Gasteiger partial charge in [-0.15, -0.1) is 0 Å². The summed E-state index contributed by atoms with van der Waals surface area (Å²) >= 11 is 5.98. The van der Waals surface area contributed by atoms with Crippen molar-refractivity contribution in [1.82, 2.24) is 14.0 Å². The van der Waals surface area contributed by atoms with Crippen LogP contribution < -0.4 is 15.9 Å². The number of amides is 2. The Kier molecular flexibility index (Phi) is 6.06. The lowest BCUT2D eigenvalue weighted by Gasteiger charge is -2.25. The smallest absolute Gasteiger partial charge is 0.415 e. The highest BCUT2D eigenvalue weighted by Gasteiger charge is 2.46. The molecule has 3 aromatic rings. The van der Waals surface area contributed by atoms with Crippen molar-refractivity contribution in [2.75, 3.05) is 36.4 Å². The first-order valence-electron chi connectivity index (χ1n) is 11.7. The number of rotatable bonds is 4. The molecule has 0 aliphatic carbocycles. The van der Waals surface area contributed by atoms with E-state index in [0.29, 0.717) is 30.2 Å². The molecule has 1 N–H and O–H groups in total. The second-order valence-electron chi connectivity index (χ2n) is 9.40. The van der Waals surface area contributed by atoms with Gasteiger partial charge < -0.3 is 10.1 Å². The van der Waals surface area contributed by atoms with Crippen LogP contribution in [0.2, 0.25) is 5.02 Å². The van der Waals surface area contributed by atoms with Crippen molar-refractivity contribution >= 4 is 46.0 Å². The number of nitrogens with zero attached hydrogens (tertiary/aromatic N) is 4. The quantitative estimate of drug-likeness (QED) is 0.597. The fraction of sp³-hybridized carbons (Fsp3) is 0.400. The molecule has 2 saturated heterocycles. The Morgan fingerprint density at radius 3 is 2.54 bits per heavy atom. The van der Waals surface area contributed by atoms with Crippen molar-refractivity contribution in [3.63, 3.8) is 0 Å². The summed E-state index contributed by atoms with van der Waals surface area (Å²) in [6.07, 6.45) is 1.89. The minimum absolute atomic E-state index is 0.107. The molecule has 0 unspecified atom stereocenters. The van der Waals surface area contributed by atoms with Crippen molar-refractivity contribution < 1.29 is 14.3 Å². The zero-order chi connectivity index (χ0) is 24.7. The molecule has 10 heteroatoms. The number of imidazole rings is 1. The van der Waals surface area contributed by atoms with E-state index in [1.54, 1.807) is 46.3 Å². The van der Waals surface area contributed by atoms with E-state index < -0.39 is 5.60 Å². The van der Waals surface area contributed by atoms with Crippen LogP contribution in [0.4, 0.5) is 16.2 Å². The molecule has 2 aliphatic rings. The second kappa shape index (κ2) is 9.05. The number of benzene rings is 2. The molecule has 1 aromatic heterocycles. The van der Waals surface area contributed by atoms with E-state index in [-0.39, 0.29) is 24.2 Å². The molecule has 0 saturated carbocycles. The number of anilines is 2. The van der Waals surface area contributed by atoms with E-state index in [1.165, 1.54) is 0 Å². The van der Waals surface area contributed by atoms with Gasteiger partial charge in [0.2, 0.25) is 5.91 Å². The first-order valence-corrected chi connectivity index (χ1v) is 12.1. The van der Waals surface area contributed by atoms with Crippen molar-refractivity contribution in [2.45, 2.75) is 24.9 Å². The minimum atomic E-state index is -0.551. The lowest BCUT2D eigenvalue weighted by molar-refractivity contribution is -0.117. The molecule has 1 atom stereocenters. The normalized spacial score (nSPS) is 20.9. The van der Waals surface area contributed by atoms with Crippen molar-refractivity contribution in [2.24, 2.45) is 14.1 Å². The molecular formula is C25H28ClN5O4. The summed E-state index contributed by atoms with van der Waals surface area (Å²) in [6.45, 7) is 2.14. The fourth-order valence-electron chi connectivity index (χ4n) is 5.07. The van der Waals surface area contributed by atoms with E-state index >= 15 is 0 Å². The van der Waals surface area contributed by atoms with Gasteiger partial charge in [-0.25, -0.2) is 9.59 Å². The Balaban J connectivity index is 1.21. The highest BCUT2D eigenvalue weighted by atomic mass is 35.5. The molecule has 9 nitrogen and oxygen atoms in total. The van der Waals surface area contributed by atoms with Gasteiger partial charge in [-0.2, -0.15) is 0 Å². The van der Waals surface area contributed by atoms with Gasteiger partial charge in [-0.1, -0.05) is 11.6 Å². The Morgan fingerprint density at radius 1 is 1.03 bits per heavy atom. The van der Waals surface area contributed by atoms with Gasteiger partial charge in [0.1, 0.15) is 5.60 Å². The van der Waals surface area contributed by atoms with E-state index in [2.05, 4.69) is 10.2 Å². The summed E-state index contributed by atoms with van der Waals surface area (Å²) in [5, 5.41) is 3.57. The van der Waals surface area contributed by atoms with E-state index in [0.717, 1.165) is 36.1 Å². The molecule has 35 heavy (non-hydrogen) atoms. The first kappa shape index (κ1) is 23.4. The zero-order valence-electron chi connectivity index (χ0n) is 19.8. The number of likely N-dealkylation sites (tertiary alicyclic amines) is 1. The number of hydrogen-bond donors (Lipinski definition) is 1. The molecule has 2 fully saturated rings. The van der Waals surface area contributed by atoms with E-state index in [9.17, 15) is 14.4 Å². The van der Waals surface area contributed by atoms with Crippen molar-refractivity contribution in [1.29, 1.82) is 0 Å². The van der Waals surface area contributed by atoms with Crippen LogP contribution in [0.3, 0.4) is 0 Å². The third-order valence-corrected chi connectivity index (χ3v) is 7.27. The third-order valence-electron chi connectivity index (χ3n) is 7.02. The molecule has 2 amide bonds. The number of aryl methyl sites for hydroxylation is 2. The van der Waals surface area contributed by atoms with Crippen LogP contribution in [-0.4, -0.2) is 57.8 Å². The summed E-state index contributed by atoms with van der Waals surface area (Å²) < 4.78 is 9.02. The van der Waals surface area contributed by atoms with Crippen LogP contribution in [0.25, 0.3) is 11.0 Å². The first-order chi connectivity index (χ1) is 16.7. The molecule has 5 rings (SSSR count). The Hall–Kier alpha value is -3.30. The third kappa shape index (κ3) is 4.53. The van der Waals surface area contributed by atoms with Crippen LogP contribution in [0, 0.1) is 0 Å². The topological polar surface area (TPSA) is 88.8 Å². The maximum absolute atomic E-state index is 12.8. The van der Waals surface area contributed by atoms with Gasteiger partial charge >= 0.3 is 11.8 Å². The van der Waals surface area contributed by atoms with Crippen LogP contribution in [0.15, 0.2) is 47.3 Å². The minimum Gasteiger partial charge on any atom is -0.441 e. The molecule has 2 aliphatic heterocycles. The predicted octanol–water partition coefficient (Wildman–Crippen LogP) is 3.35. The number of halogens is 1. The highest BCUT2D eigenvalue weighted by Crippen LogP contribution is 2.36. The number of hydrogen-bond acceptors (Lipinski definition) is 5. The number of carbonyl (C=O) groups is 2. The molecular weight excluding hydrogens is 470 g/mol. The van der Waals surface area contributed by atoms with Crippen LogP contribution >= 0.6 is 11.6 Å². The molecule has 0 bridgehead atoms. The van der Waals surface area contributed by atoms with Crippen LogP contribution in [0.1, 0.15) is 19.3 Å². The molecule has 184 valence electrons. The van der Waals surface area contributed by atoms with Gasteiger partial charge in [0.15, 0.2) is 0 Å². The predicted molar refractivity (Wildman–Crippen MR) is 135 cm³/mol. The summed E-state index contributed by atoms with van der Waals surface area (Å²) in [4.78, 5) is 41.3. The molecule has 1 spiro atoms. The summed E-state index contributed by atoms with van der Waals surface area (Å²) in [6, 6.07) is 12.6. The van der Waals surface area contributed by atoms with E-state index in [1.807, 2.05) is 24.3 Å². The number of nitrogens with one attached hydrogen (secondary N) is 1. The van der Waals surface area contributed by atoms with Crippen LogP contribution in [0.5, 0.6) is 0 Å². The Bertz CT molecular complexity index is 1350.